The number of allylic oxidation sites excluding steroid dienone is 2. The third kappa shape index (κ3) is 4.63. The van der Waals surface area contributed by atoms with E-state index in [2.05, 4.69) is 15.3 Å². The number of rotatable bonds is 5. The number of hydrogen-bond acceptors (Lipinski definition) is 3. The summed E-state index contributed by atoms with van der Waals surface area (Å²) in [6, 6.07) is 6.79. The van der Waals surface area contributed by atoms with Gasteiger partial charge < -0.3 is 15.0 Å². The van der Waals surface area contributed by atoms with E-state index in [0.717, 1.165) is 16.5 Å². The molecule has 0 fully saturated rings. The first-order valence-electron chi connectivity index (χ1n) is 7.79. The van der Waals surface area contributed by atoms with Gasteiger partial charge >= 0.3 is 0 Å². The number of amides is 1. The molecule has 27 heavy (non-hydrogen) atoms. The Morgan fingerprint density at radius 3 is 2.70 bits per heavy atom. The average molecular weight is 423 g/mol. The number of aromatic amines is 1. The number of aromatic nitrogens is 2. The van der Waals surface area contributed by atoms with E-state index in [1.807, 2.05) is 12.3 Å². The second kappa shape index (κ2) is 8.48. The van der Waals surface area contributed by atoms with Crippen LogP contribution in [0.3, 0.4) is 0 Å². The third-order valence-electron chi connectivity index (χ3n) is 3.69. The van der Waals surface area contributed by atoms with Crippen molar-refractivity contribution in [3.8, 4) is 0 Å². The van der Waals surface area contributed by atoms with Gasteiger partial charge in [-0.05, 0) is 35.9 Å². The number of nitrogens with one attached hydrogen (secondary N) is 2. The van der Waals surface area contributed by atoms with Crippen molar-refractivity contribution in [1.29, 1.82) is 0 Å². The summed E-state index contributed by atoms with van der Waals surface area (Å²) in [4.78, 5) is 19.4. The van der Waals surface area contributed by atoms with E-state index >= 15 is 0 Å². The van der Waals surface area contributed by atoms with Crippen LogP contribution in [0, 0.1) is 0 Å². The molecule has 1 amide bonds. The first-order valence-corrected chi connectivity index (χ1v) is 8.92. The van der Waals surface area contributed by atoms with Gasteiger partial charge in [-0.25, -0.2) is 4.98 Å². The number of ether oxygens (including phenoxy) is 1. The van der Waals surface area contributed by atoms with Crippen LogP contribution in [0.5, 0.6) is 0 Å². The van der Waals surface area contributed by atoms with Crippen LogP contribution in [-0.2, 0) is 9.53 Å². The maximum Gasteiger partial charge on any atom is 0.291 e. The Morgan fingerprint density at radius 2 is 2.00 bits per heavy atom. The monoisotopic (exact) mass is 421 g/mol. The zero-order chi connectivity index (χ0) is 19.4. The molecular weight excluding hydrogens is 409 g/mol. The van der Waals surface area contributed by atoms with E-state index in [-0.39, 0.29) is 5.76 Å². The van der Waals surface area contributed by atoms with Gasteiger partial charge in [0.05, 0.1) is 22.2 Å². The van der Waals surface area contributed by atoms with Crippen LogP contribution in [0.1, 0.15) is 5.56 Å². The van der Waals surface area contributed by atoms with Crippen molar-refractivity contribution in [1.82, 2.24) is 9.97 Å². The number of halogens is 3. The fourth-order valence-electron chi connectivity index (χ4n) is 2.38. The van der Waals surface area contributed by atoms with Gasteiger partial charge in [-0.2, -0.15) is 0 Å². The van der Waals surface area contributed by atoms with Gasteiger partial charge in [0.2, 0.25) is 0 Å². The quantitative estimate of drug-likeness (QED) is 0.314. The second-order valence-corrected chi connectivity index (χ2v) is 6.72. The Morgan fingerprint density at radius 1 is 1.22 bits per heavy atom. The number of pyridine rings is 1. The summed E-state index contributed by atoms with van der Waals surface area (Å²) in [5.41, 5.74) is 1.77. The number of fused-ring (bicyclic) bond motifs is 1. The lowest BCUT2D eigenvalue weighted by molar-refractivity contribution is -0.115. The molecule has 0 bridgehead atoms. The summed E-state index contributed by atoms with van der Waals surface area (Å²) in [7, 11) is 1.42. The van der Waals surface area contributed by atoms with Gasteiger partial charge in [-0.1, -0.05) is 47.0 Å². The number of nitrogens with zero attached hydrogens (tertiary/aromatic N) is 1. The van der Waals surface area contributed by atoms with Crippen LogP contribution in [-0.4, -0.2) is 23.0 Å². The fraction of sp³-hybridized carbons (Fsp3) is 0.0526. The van der Waals surface area contributed by atoms with E-state index in [1.54, 1.807) is 36.4 Å². The lowest BCUT2D eigenvalue weighted by Crippen LogP contribution is -2.16. The van der Waals surface area contributed by atoms with Crippen molar-refractivity contribution < 1.29 is 9.53 Å². The van der Waals surface area contributed by atoms with Gasteiger partial charge in [-0.3, -0.25) is 4.79 Å². The number of benzene rings is 1. The first kappa shape index (κ1) is 19.3. The van der Waals surface area contributed by atoms with Crippen LogP contribution in [0.4, 0.5) is 5.82 Å². The van der Waals surface area contributed by atoms with Crippen LogP contribution in [0.25, 0.3) is 17.0 Å². The molecule has 0 aliphatic heterocycles. The van der Waals surface area contributed by atoms with Crippen LogP contribution >= 0.6 is 34.8 Å². The average Bonchev–Trinajstić information content (AvgIpc) is 3.02. The lowest BCUT2D eigenvalue weighted by atomic mass is 10.1. The minimum Gasteiger partial charge on any atom is -0.491 e. The molecule has 1 aromatic carbocycles. The van der Waals surface area contributed by atoms with Gasteiger partial charge in [0.1, 0.15) is 5.82 Å². The zero-order valence-corrected chi connectivity index (χ0v) is 16.4. The van der Waals surface area contributed by atoms with Crippen molar-refractivity contribution in [3.05, 3.63) is 75.2 Å². The molecule has 0 aliphatic rings. The maximum atomic E-state index is 12.3. The number of H-pyrrole nitrogens is 1. The van der Waals surface area contributed by atoms with Crippen molar-refractivity contribution in [3.63, 3.8) is 0 Å². The molecule has 0 aliphatic carbocycles. The van der Waals surface area contributed by atoms with Crippen molar-refractivity contribution in [2.24, 2.45) is 0 Å². The molecule has 0 radical (unpaired) electrons. The molecule has 0 saturated carbocycles. The third-order valence-corrected chi connectivity index (χ3v) is 4.64. The summed E-state index contributed by atoms with van der Waals surface area (Å²) in [5, 5.41) is 4.99. The number of anilines is 1. The topological polar surface area (TPSA) is 67.0 Å². The molecule has 8 heteroatoms. The summed E-state index contributed by atoms with van der Waals surface area (Å²) < 4.78 is 5.15. The smallest absolute Gasteiger partial charge is 0.291 e. The molecule has 2 N–H and O–H groups in total. The molecule has 2 aromatic heterocycles. The highest BCUT2D eigenvalue weighted by Crippen LogP contribution is 2.29. The minimum absolute atomic E-state index is 0.129. The van der Waals surface area contributed by atoms with Crippen molar-refractivity contribution in [2.45, 2.75) is 0 Å². The fourth-order valence-corrected chi connectivity index (χ4v) is 2.82. The normalized spacial score (nSPS) is 11.9. The number of carbonyl (C=O) groups is 1. The number of methoxy groups -OCH3 is 1. The Balaban J connectivity index is 1.77. The highest BCUT2D eigenvalue weighted by atomic mass is 35.5. The predicted molar refractivity (Wildman–Crippen MR) is 110 cm³/mol. The summed E-state index contributed by atoms with van der Waals surface area (Å²) in [5.74, 6) is 0.0779. The summed E-state index contributed by atoms with van der Waals surface area (Å²) >= 11 is 17.9. The van der Waals surface area contributed by atoms with Crippen molar-refractivity contribution in [2.75, 3.05) is 12.4 Å². The van der Waals surface area contributed by atoms with E-state index in [4.69, 9.17) is 39.5 Å². The lowest BCUT2D eigenvalue weighted by Gasteiger charge is -2.06. The van der Waals surface area contributed by atoms with E-state index in [0.29, 0.717) is 20.9 Å². The number of hydrogen-bond donors (Lipinski definition) is 2. The Hall–Kier alpha value is -2.47. The molecule has 2 heterocycles. The zero-order valence-electron chi connectivity index (χ0n) is 14.1. The minimum atomic E-state index is -0.425. The SMILES string of the molecule is CO/C(=C\C=C\c1c[nH]c2cc(Cl)c(Cl)cc12)C(=O)Nc1ccc(Cl)cn1. The van der Waals surface area contributed by atoms with Gasteiger partial charge in [0, 0.05) is 23.3 Å². The summed E-state index contributed by atoms with van der Waals surface area (Å²) in [6.07, 6.45) is 8.36. The molecule has 0 unspecified atom stereocenters. The van der Waals surface area contributed by atoms with Crippen LogP contribution in [0.2, 0.25) is 15.1 Å². The second-order valence-electron chi connectivity index (χ2n) is 5.47. The molecular formula is C19H14Cl3N3O2. The van der Waals surface area contributed by atoms with Crippen LogP contribution in [0.15, 0.2) is 54.6 Å². The first-order chi connectivity index (χ1) is 13.0. The van der Waals surface area contributed by atoms with Gasteiger partial charge in [0.15, 0.2) is 5.76 Å². The largest absolute Gasteiger partial charge is 0.491 e. The standard InChI is InChI=1S/C19H14Cl3N3O2/c1-27-17(19(26)25-18-6-5-12(20)10-24-18)4-2-3-11-9-23-16-8-15(22)14(21)7-13(11)16/h2-10,23H,1H3,(H,24,25,26)/b3-2+,17-4-. The van der Waals surface area contributed by atoms with Gasteiger partial charge in [-0.15, -0.1) is 0 Å². The van der Waals surface area contributed by atoms with E-state index in [1.165, 1.54) is 13.3 Å². The number of carbonyl (C=O) groups excluding carboxylic acids is 1. The molecule has 5 nitrogen and oxygen atoms in total. The van der Waals surface area contributed by atoms with E-state index in [9.17, 15) is 4.79 Å². The highest BCUT2D eigenvalue weighted by molar-refractivity contribution is 6.42. The molecule has 0 atom stereocenters. The van der Waals surface area contributed by atoms with Gasteiger partial charge in [0.25, 0.3) is 5.91 Å². The van der Waals surface area contributed by atoms with Crippen molar-refractivity contribution >= 4 is 63.5 Å². The summed E-state index contributed by atoms with van der Waals surface area (Å²) in [6.45, 7) is 0. The maximum absolute atomic E-state index is 12.3. The van der Waals surface area contributed by atoms with E-state index < -0.39 is 5.91 Å². The predicted octanol–water partition coefficient (Wildman–Crippen LogP) is 5.71. The molecule has 138 valence electrons. The highest BCUT2D eigenvalue weighted by Gasteiger charge is 2.10. The molecule has 0 saturated heterocycles. The molecule has 3 rings (SSSR count). The Kier molecular flexibility index (Phi) is 6.06. The Labute approximate surface area is 170 Å². The van der Waals surface area contributed by atoms with Crippen LogP contribution < -0.4 is 5.32 Å². The Bertz CT molecular complexity index is 1040. The molecule has 3 aromatic rings. The molecule has 0 spiro atoms.